The molecular formula is C18H27ClN2O2. The van der Waals surface area contributed by atoms with Crippen LogP contribution in [0, 0.1) is 6.92 Å². The zero-order valence-corrected chi connectivity index (χ0v) is 14.6. The van der Waals surface area contributed by atoms with E-state index >= 15 is 0 Å². The second kappa shape index (κ2) is 8.55. The lowest BCUT2D eigenvalue weighted by Crippen LogP contribution is -2.39. The molecule has 2 saturated heterocycles. The highest BCUT2D eigenvalue weighted by atomic mass is 35.5. The number of carbonyl (C=O) groups excluding carboxylic acids is 1. The molecule has 2 heterocycles. The maximum atomic E-state index is 12.3. The first-order valence-electron chi connectivity index (χ1n) is 8.44. The van der Waals surface area contributed by atoms with Gasteiger partial charge in [-0.25, -0.2) is 0 Å². The molecule has 0 saturated carbocycles. The molecule has 5 heteroatoms. The molecule has 2 bridgehead atoms. The zero-order valence-electron chi connectivity index (χ0n) is 13.8. The standard InChI is InChI=1S/C18H26N2O2.ClH/c1-14-4-2-5-17(12-14)22-11-3-6-18(21)20-10-9-15-7-8-16(13-20)19-15;/h2,4-5,12,15-16,19H,3,6-11,13H2,1H3;1H. The Balaban J connectivity index is 0.00000192. The van der Waals surface area contributed by atoms with Crippen LogP contribution in [0.15, 0.2) is 24.3 Å². The summed E-state index contributed by atoms with van der Waals surface area (Å²) in [6.45, 7) is 4.45. The van der Waals surface area contributed by atoms with E-state index in [0.29, 0.717) is 25.1 Å². The lowest BCUT2D eigenvalue weighted by molar-refractivity contribution is -0.131. The first-order valence-corrected chi connectivity index (χ1v) is 8.44. The smallest absolute Gasteiger partial charge is 0.222 e. The van der Waals surface area contributed by atoms with Crippen LogP contribution in [0.5, 0.6) is 5.75 Å². The lowest BCUT2D eigenvalue weighted by Gasteiger charge is -2.24. The van der Waals surface area contributed by atoms with Crippen LogP contribution in [0.25, 0.3) is 0 Å². The number of likely N-dealkylation sites (tertiary alicyclic amines) is 1. The van der Waals surface area contributed by atoms with Crippen molar-refractivity contribution in [2.24, 2.45) is 0 Å². The fourth-order valence-electron chi connectivity index (χ4n) is 3.45. The molecule has 1 amide bonds. The second-order valence-corrected chi connectivity index (χ2v) is 6.53. The Kier molecular flexibility index (Phi) is 6.72. The Morgan fingerprint density at radius 2 is 2.13 bits per heavy atom. The van der Waals surface area contributed by atoms with Crippen molar-refractivity contribution >= 4 is 18.3 Å². The Bertz CT molecular complexity index is 523. The molecule has 2 fully saturated rings. The summed E-state index contributed by atoms with van der Waals surface area (Å²) in [4.78, 5) is 14.4. The van der Waals surface area contributed by atoms with Gasteiger partial charge in [0.05, 0.1) is 6.61 Å². The van der Waals surface area contributed by atoms with Crippen LogP contribution in [-0.4, -0.2) is 42.6 Å². The van der Waals surface area contributed by atoms with Gasteiger partial charge in [0.1, 0.15) is 5.75 Å². The van der Waals surface area contributed by atoms with Crippen LogP contribution in [-0.2, 0) is 4.79 Å². The van der Waals surface area contributed by atoms with Gasteiger partial charge >= 0.3 is 0 Å². The molecule has 2 atom stereocenters. The van der Waals surface area contributed by atoms with Gasteiger partial charge < -0.3 is 15.0 Å². The number of rotatable bonds is 5. The van der Waals surface area contributed by atoms with E-state index in [4.69, 9.17) is 4.74 Å². The fourth-order valence-corrected chi connectivity index (χ4v) is 3.45. The van der Waals surface area contributed by atoms with E-state index in [1.165, 1.54) is 18.4 Å². The number of hydrogen-bond acceptors (Lipinski definition) is 3. The summed E-state index contributed by atoms with van der Waals surface area (Å²) < 4.78 is 5.72. The van der Waals surface area contributed by atoms with Crippen LogP contribution in [0.1, 0.15) is 37.7 Å². The molecule has 1 aromatic carbocycles. The van der Waals surface area contributed by atoms with Crippen molar-refractivity contribution in [2.45, 2.75) is 51.1 Å². The monoisotopic (exact) mass is 338 g/mol. The van der Waals surface area contributed by atoms with E-state index in [1.807, 2.05) is 23.1 Å². The Labute approximate surface area is 145 Å². The van der Waals surface area contributed by atoms with Crippen molar-refractivity contribution in [2.75, 3.05) is 19.7 Å². The van der Waals surface area contributed by atoms with Gasteiger partial charge in [-0.1, -0.05) is 12.1 Å². The predicted molar refractivity (Wildman–Crippen MR) is 94.3 cm³/mol. The van der Waals surface area contributed by atoms with Crippen LogP contribution in [0.3, 0.4) is 0 Å². The van der Waals surface area contributed by atoms with Crippen molar-refractivity contribution in [1.82, 2.24) is 10.2 Å². The maximum absolute atomic E-state index is 12.3. The van der Waals surface area contributed by atoms with Crippen molar-refractivity contribution in [3.8, 4) is 5.75 Å². The topological polar surface area (TPSA) is 41.6 Å². The third kappa shape index (κ3) is 5.11. The van der Waals surface area contributed by atoms with E-state index in [0.717, 1.165) is 31.7 Å². The van der Waals surface area contributed by atoms with Gasteiger partial charge in [-0.3, -0.25) is 4.79 Å². The normalized spacial score (nSPS) is 23.1. The average molecular weight is 339 g/mol. The number of benzene rings is 1. The van der Waals surface area contributed by atoms with Gasteiger partial charge in [0.25, 0.3) is 0 Å². The molecule has 2 aliphatic rings. The highest BCUT2D eigenvalue weighted by molar-refractivity contribution is 5.85. The highest BCUT2D eigenvalue weighted by Crippen LogP contribution is 2.21. The molecule has 1 N–H and O–H groups in total. The van der Waals surface area contributed by atoms with E-state index in [2.05, 4.69) is 18.3 Å². The minimum absolute atomic E-state index is 0. The number of hydrogen-bond donors (Lipinski definition) is 1. The Hall–Kier alpha value is -1.26. The molecule has 1 aromatic rings. The van der Waals surface area contributed by atoms with E-state index < -0.39 is 0 Å². The fraction of sp³-hybridized carbons (Fsp3) is 0.611. The molecule has 3 rings (SSSR count). The molecule has 23 heavy (non-hydrogen) atoms. The molecule has 4 nitrogen and oxygen atoms in total. The highest BCUT2D eigenvalue weighted by Gasteiger charge is 2.30. The van der Waals surface area contributed by atoms with Gasteiger partial charge in [0, 0.05) is 31.6 Å². The number of carbonyl (C=O) groups is 1. The van der Waals surface area contributed by atoms with Crippen LogP contribution >= 0.6 is 12.4 Å². The number of aryl methyl sites for hydroxylation is 1. The maximum Gasteiger partial charge on any atom is 0.222 e. The number of nitrogens with zero attached hydrogens (tertiary/aromatic N) is 1. The summed E-state index contributed by atoms with van der Waals surface area (Å²) in [5.41, 5.74) is 1.20. The third-order valence-corrected chi connectivity index (χ3v) is 4.67. The number of ether oxygens (including phenoxy) is 1. The van der Waals surface area contributed by atoms with Crippen LogP contribution in [0.4, 0.5) is 0 Å². The van der Waals surface area contributed by atoms with E-state index in [-0.39, 0.29) is 18.3 Å². The molecule has 2 unspecified atom stereocenters. The van der Waals surface area contributed by atoms with Gasteiger partial charge in [0.15, 0.2) is 0 Å². The summed E-state index contributed by atoms with van der Waals surface area (Å²) in [6.07, 6.45) is 4.96. The van der Waals surface area contributed by atoms with E-state index in [9.17, 15) is 4.79 Å². The van der Waals surface area contributed by atoms with Gasteiger partial charge in [-0.2, -0.15) is 0 Å². The van der Waals surface area contributed by atoms with E-state index in [1.54, 1.807) is 0 Å². The quantitative estimate of drug-likeness (QED) is 0.839. The summed E-state index contributed by atoms with van der Waals surface area (Å²) in [7, 11) is 0. The number of fused-ring (bicyclic) bond motifs is 2. The van der Waals surface area contributed by atoms with Crippen molar-refractivity contribution in [3.05, 3.63) is 29.8 Å². The first kappa shape index (κ1) is 18.1. The molecule has 0 radical (unpaired) electrons. The minimum Gasteiger partial charge on any atom is -0.494 e. The predicted octanol–water partition coefficient (Wildman–Crippen LogP) is 2.93. The molecule has 128 valence electrons. The molecule has 0 spiro atoms. The van der Waals surface area contributed by atoms with Crippen LogP contribution in [0.2, 0.25) is 0 Å². The zero-order chi connectivity index (χ0) is 15.4. The van der Waals surface area contributed by atoms with Gasteiger partial charge in [0.2, 0.25) is 5.91 Å². The largest absolute Gasteiger partial charge is 0.494 e. The molecule has 0 aliphatic carbocycles. The summed E-state index contributed by atoms with van der Waals surface area (Å²) >= 11 is 0. The Morgan fingerprint density at radius 3 is 2.96 bits per heavy atom. The SMILES string of the molecule is Cc1cccc(OCCCC(=O)N2CCC3CCC(C2)N3)c1.Cl. The second-order valence-electron chi connectivity index (χ2n) is 6.53. The lowest BCUT2D eigenvalue weighted by atomic mass is 10.1. The number of nitrogens with one attached hydrogen (secondary N) is 1. The van der Waals surface area contributed by atoms with Crippen molar-refractivity contribution in [3.63, 3.8) is 0 Å². The summed E-state index contributed by atoms with van der Waals surface area (Å²) in [6, 6.07) is 9.19. The average Bonchev–Trinajstić information content (AvgIpc) is 2.83. The van der Waals surface area contributed by atoms with Crippen molar-refractivity contribution < 1.29 is 9.53 Å². The number of halogens is 1. The third-order valence-electron chi connectivity index (χ3n) is 4.67. The molecular weight excluding hydrogens is 312 g/mol. The Morgan fingerprint density at radius 1 is 1.30 bits per heavy atom. The molecule has 0 aromatic heterocycles. The summed E-state index contributed by atoms with van der Waals surface area (Å²) in [5.74, 6) is 1.17. The minimum atomic E-state index is 0. The van der Waals surface area contributed by atoms with Crippen LogP contribution < -0.4 is 10.1 Å². The van der Waals surface area contributed by atoms with Gasteiger partial charge in [-0.05, 0) is 50.3 Å². The summed E-state index contributed by atoms with van der Waals surface area (Å²) in [5, 5.41) is 3.61. The first-order chi connectivity index (χ1) is 10.7. The van der Waals surface area contributed by atoms with Crippen molar-refractivity contribution in [1.29, 1.82) is 0 Å². The number of amides is 1. The molecule has 2 aliphatic heterocycles. The van der Waals surface area contributed by atoms with Gasteiger partial charge in [-0.15, -0.1) is 12.4 Å².